The molecule has 1 saturated heterocycles. The van der Waals surface area contributed by atoms with Gasteiger partial charge in [-0.3, -0.25) is 4.79 Å². The molecule has 9 unspecified atom stereocenters. The smallest absolute Gasteiger partial charge is 0.249 e. The summed E-state index contributed by atoms with van der Waals surface area (Å²) in [4.78, 5) is 12.8. The molecule has 0 aliphatic carbocycles. The van der Waals surface area contributed by atoms with Crippen LogP contribution in [-0.2, 0) is 14.3 Å². The molecule has 256 valence electrons. The summed E-state index contributed by atoms with van der Waals surface area (Å²) >= 11 is 0. The minimum absolute atomic E-state index is 0.263. The molecule has 1 rings (SSSR count). The zero-order chi connectivity index (χ0) is 32.0. The lowest BCUT2D eigenvalue weighted by atomic mass is 9.99. The van der Waals surface area contributed by atoms with Crippen LogP contribution in [0, 0.1) is 0 Å². The average Bonchev–Trinajstić information content (AvgIpc) is 3.00. The molecule has 1 heterocycles. The van der Waals surface area contributed by atoms with Gasteiger partial charge in [-0.1, -0.05) is 117 Å². The summed E-state index contributed by atoms with van der Waals surface area (Å²) in [6.45, 7) is 3.12. The summed E-state index contributed by atoms with van der Waals surface area (Å²) in [5.74, 6) is -0.709. The average molecular weight is 622 g/mol. The van der Waals surface area contributed by atoms with E-state index in [1.807, 2.05) is 6.92 Å². The molecular weight excluding hydrogens is 558 g/mol. The second-order valence-corrected chi connectivity index (χ2v) is 12.2. The van der Waals surface area contributed by atoms with Gasteiger partial charge in [-0.15, -0.1) is 0 Å². The van der Waals surface area contributed by atoms with Crippen LogP contribution in [0.3, 0.4) is 0 Å². The molecule has 43 heavy (non-hydrogen) atoms. The summed E-state index contributed by atoms with van der Waals surface area (Å²) in [7, 11) is 0. The molecule has 0 radical (unpaired) electrons. The monoisotopic (exact) mass is 621 g/mol. The Morgan fingerprint density at radius 3 is 1.74 bits per heavy atom. The quantitative estimate of drug-likeness (QED) is 0.0666. The third-order valence-corrected chi connectivity index (χ3v) is 8.41. The molecule has 0 bridgehead atoms. The number of aliphatic hydroxyl groups excluding tert-OH is 7. The Balaban J connectivity index is 2.43. The number of carbonyl (C=O) groups excluding carboxylic acids is 1. The van der Waals surface area contributed by atoms with Gasteiger partial charge in [-0.05, 0) is 12.8 Å². The molecule has 0 spiro atoms. The topological polar surface area (TPSA) is 189 Å². The molecule has 0 aromatic rings. The number of hydrogen-bond donors (Lipinski definition) is 8. The van der Waals surface area contributed by atoms with E-state index in [1.54, 1.807) is 0 Å². The highest BCUT2D eigenvalue weighted by Crippen LogP contribution is 2.23. The van der Waals surface area contributed by atoms with Crippen molar-refractivity contribution in [2.75, 3.05) is 13.2 Å². The standard InChI is InChI=1S/C32H63NO10/c1-3-5-7-8-9-10-11-12-13-14-15-16-17-18-20-25(36)31(41)33-23(27(37)24(35)19-6-4-2)22-42-32-30(40)29(39)28(38)26(21-34)43-32/h23-30,32,34-40H,3-22H2,1-2H3,(H,33,41). The fraction of sp³-hybridized carbons (Fsp3) is 0.969. The van der Waals surface area contributed by atoms with E-state index < -0.39 is 74.2 Å². The predicted octanol–water partition coefficient (Wildman–Crippen LogP) is 2.43. The Hall–Kier alpha value is -0.890. The van der Waals surface area contributed by atoms with Crippen LogP contribution in [0.5, 0.6) is 0 Å². The number of carbonyl (C=O) groups is 1. The van der Waals surface area contributed by atoms with E-state index in [-0.39, 0.29) is 12.8 Å². The lowest BCUT2D eigenvalue weighted by molar-refractivity contribution is -0.303. The highest BCUT2D eigenvalue weighted by molar-refractivity contribution is 5.80. The summed E-state index contributed by atoms with van der Waals surface area (Å²) in [6, 6.07) is -1.15. The Kier molecular flexibility index (Phi) is 22.7. The second-order valence-electron chi connectivity index (χ2n) is 12.2. The van der Waals surface area contributed by atoms with Gasteiger partial charge >= 0.3 is 0 Å². The largest absolute Gasteiger partial charge is 0.394 e. The van der Waals surface area contributed by atoms with Crippen LogP contribution in [0.4, 0.5) is 0 Å². The summed E-state index contributed by atoms with van der Waals surface area (Å²) in [5, 5.41) is 73.8. The summed E-state index contributed by atoms with van der Waals surface area (Å²) in [5.41, 5.74) is 0. The number of nitrogens with one attached hydrogen (secondary N) is 1. The molecule has 0 aromatic heterocycles. The Bertz CT molecular complexity index is 685. The van der Waals surface area contributed by atoms with Gasteiger partial charge < -0.3 is 50.5 Å². The lowest BCUT2D eigenvalue weighted by Crippen LogP contribution is -2.60. The zero-order valence-electron chi connectivity index (χ0n) is 26.7. The van der Waals surface area contributed by atoms with E-state index in [9.17, 15) is 40.5 Å². The third-order valence-electron chi connectivity index (χ3n) is 8.41. The van der Waals surface area contributed by atoms with E-state index in [4.69, 9.17) is 9.47 Å². The molecule has 1 fully saturated rings. The van der Waals surface area contributed by atoms with Crippen LogP contribution >= 0.6 is 0 Å². The molecule has 11 nitrogen and oxygen atoms in total. The first-order valence-electron chi connectivity index (χ1n) is 16.9. The first-order valence-corrected chi connectivity index (χ1v) is 16.9. The number of aliphatic hydroxyl groups is 7. The van der Waals surface area contributed by atoms with Gasteiger partial charge in [0.15, 0.2) is 6.29 Å². The van der Waals surface area contributed by atoms with Gasteiger partial charge in [-0.25, -0.2) is 0 Å². The molecule has 0 saturated carbocycles. The maximum Gasteiger partial charge on any atom is 0.249 e. The van der Waals surface area contributed by atoms with E-state index in [0.29, 0.717) is 12.8 Å². The number of ether oxygens (including phenoxy) is 2. The van der Waals surface area contributed by atoms with Crippen LogP contribution in [0.25, 0.3) is 0 Å². The maximum atomic E-state index is 12.8. The van der Waals surface area contributed by atoms with E-state index >= 15 is 0 Å². The van der Waals surface area contributed by atoms with Crippen molar-refractivity contribution in [1.82, 2.24) is 5.32 Å². The van der Waals surface area contributed by atoms with Gasteiger partial charge in [-0.2, -0.15) is 0 Å². The molecule has 1 aliphatic rings. The van der Waals surface area contributed by atoms with E-state index in [1.165, 1.54) is 64.2 Å². The Labute approximate surface area is 259 Å². The summed E-state index contributed by atoms with van der Waals surface area (Å²) < 4.78 is 10.9. The zero-order valence-corrected chi connectivity index (χ0v) is 26.7. The molecule has 11 heteroatoms. The molecule has 8 N–H and O–H groups in total. The van der Waals surface area contributed by atoms with Crippen LogP contribution in [0.15, 0.2) is 0 Å². The highest BCUT2D eigenvalue weighted by atomic mass is 16.7. The molecular formula is C32H63NO10. The molecule has 1 aliphatic heterocycles. The maximum absolute atomic E-state index is 12.8. The predicted molar refractivity (Wildman–Crippen MR) is 164 cm³/mol. The van der Waals surface area contributed by atoms with Gasteiger partial charge in [0.05, 0.1) is 25.4 Å². The normalized spacial score (nSPS) is 25.3. The van der Waals surface area contributed by atoms with E-state index in [0.717, 1.165) is 25.7 Å². The van der Waals surface area contributed by atoms with Crippen LogP contribution in [-0.4, -0.2) is 110 Å². The number of hydrogen-bond acceptors (Lipinski definition) is 10. The molecule has 1 amide bonds. The Morgan fingerprint density at radius 1 is 0.721 bits per heavy atom. The number of rotatable bonds is 26. The highest BCUT2D eigenvalue weighted by Gasteiger charge is 2.44. The van der Waals surface area contributed by atoms with Crippen molar-refractivity contribution in [1.29, 1.82) is 0 Å². The summed E-state index contributed by atoms with van der Waals surface area (Å²) in [6.07, 6.45) is 7.43. The first-order chi connectivity index (χ1) is 20.7. The van der Waals surface area contributed by atoms with Gasteiger partial charge in [0, 0.05) is 0 Å². The van der Waals surface area contributed by atoms with Gasteiger partial charge in [0.25, 0.3) is 0 Å². The van der Waals surface area contributed by atoms with Crippen LogP contribution in [0.2, 0.25) is 0 Å². The molecule has 0 aromatic carbocycles. The van der Waals surface area contributed by atoms with E-state index in [2.05, 4.69) is 12.2 Å². The van der Waals surface area contributed by atoms with Crippen molar-refractivity contribution in [2.24, 2.45) is 0 Å². The Morgan fingerprint density at radius 2 is 1.23 bits per heavy atom. The fourth-order valence-electron chi connectivity index (χ4n) is 5.42. The van der Waals surface area contributed by atoms with Crippen molar-refractivity contribution >= 4 is 5.91 Å². The van der Waals surface area contributed by atoms with Crippen molar-refractivity contribution in [2.45, 2.75) is 184 Å². The van der Waals surface area contributed by atoms with Crippen molar-refractivity contribution in [3.8, 4) is 0 Å². The lowest BCUT2D eigenvalue weighted by Gasteiger charge is -2.40. The van der Waals surface area contributed by atoms with Gasteiger partial charge in [0.1, 0.15) is 36.6 Å². The van der Waals surface area contributed by atoms with Crippen LogP contribution < -0.4 is 5.32 Å². The molecule has 9 atom stereocenters. The minimum Gasteiger partial charge on any atom is -0.394 e. The van der Waals surface area contributed by atoms with Crippen LogP contribution in [0.1, 0.15) is 129 Å². The minimum atomic E-state index is -1.65. The fourth-order valence-corrected chi connectivity index (χ4v) is 5.42. The van der Waals surface area contributed by atoms with Crippen molar-refractivity contribution in [3.05, 3.63) is 0 Å². The first kappa shape index (κ1) is 40.1. The SMILES string of the molecule is CCCCCCCCCCCCCCCCC(O)C(=O)NC(COC1OC(CO)C(O)C(O)C1O)C(O)C(O)CCCC. The van der Waals surface area contributed by atoms with Crippen molar-refractivity contribution in [3.63, 3.8) is 0 Å². The second kappa shape index (κ2) is 24.4. The van der Waals surface area contributed by atoms with Crippen molar-refractivity contribution < 1.29 is 50.0 Å². The number of amides is 1. The number of unbranched alkanes of at least 4 members (excludes halogenated alkanes) is 14. The van der Waals surface area contributed by atoms with Gasteiger partial charge in [0.2, 0.25) is 5.91 Å². The third kappa shape index (κ3) is 16.3.